The number of rotatable bonds is 2. The van der Waals surface area contributed by atoms with Crippen LogP contribution in [-0.2, 0) is 4.74 Å². The van der Waals surface area contributed by atoms with Gasteiger partial charge >= 0.3 is 0 Å². The quantitative estimate of drug-likeness (QED) is 0.912. The van der Waals surface area contributed by atoms with Crippen molar-refractivity contribution in [1.29, 1.82) is 0 Å². The van der Waals surface area contributed by atoms with Crippen LogP contribution in [0, 0.1) is 5.92 Å². The molecule has 1 atom stereocenters. The number of anilines is 1. The van der Waals surface area contributed by atoms with E-state index in [1.54, 1.807) is 0 Å². The number of nitrogens with zero attached hydrogens (tertiary/aromatic N) is 2. The predicted molar refractivity (Wildman–Crippen MR) is 87.1 cm³/mol. The summed E-state index contributed by atoms with van der Waals surface area (Å²) in [5.41, 5.74) is 7.13. The molecule has 1 saturated heterocycles. The molecule has 0 unspecified atom stereocenters. The Labute approximate surface area is 130 Å². The minimum Gasteiger partial charge on any atom is -0.378 e. The zero-order valence-electron chi connectivity index (χ0n) is 12.2. The fraction of sp³-hybridized carbons (Fsp3) is 0.438. The molecular formula is C16H20ClN3O. The second-order valence-electron chi connectivity index (χ2n) is 5.58. The predicted octanol–water partition coefficient (Wildman–Crippen LogP) is 3.02. The van der Waals surface area contributed by atoms with Crippen LogP contribution in [0.4, 0.5) is 5.69 Å². The first-order chi connectivity index (χ1) is 10.1. The third-order valence-corrected chi connectivity index (χ3v) is 4.25. The van der Waals surface area contributed by atoms with E-state index in [4.69, 9.17) is 16.3 Å². The summed E-state index contributed by atoms with van der Waals surface area (Å²) in [5, 5.41) is 5.19. The van der Waals surface area contributed by atoms with Crippen molar-refractivity contribution in [2.24, 2.45) is 11.0 Å². The van der Waals surface area contributed by atoms with Crippen LogP contribution in [0.15, 0.2) is 35.6 Å². The normalized spacial score (nSPS) is 22.8. The minimum absolute atomic E-state index is 0.351. The van der Waals surface area contributed by atoms with Gasteiger partial charge in [-0.2, -0.15) is 5.10 Å². The molecule has 1 aromatic rings. The van der Waals surface area contributed by atoms with Crippen molar-refractivity contribution in [3.63, 3.8) is 0 Å². The average molecular weight is 306 g/mol. The topological polar surface area (TPSA) is 36.9 Å². The van der Waals surface area contributed by atoms with Crippen LogP contribution < -0.4 is 10.3 Å². The smallest absolute Gasteiger partial charge is 0.0711 e. The highest BCUT2D eigenvalue weighted by atomic mass is 35.5. The van der Waals surface area contributed by atoms with Gasteiger partial charge < -0.3 is 9.64 Å². The second-order valence-corrected chi connectivity index (χ2v) is 5.99. The van der Waals surface area contributed by atoms with E-state index in [-0.39, 0.29) is 0 Å². The lowest BCUT2D eigenvalue weighted by atomic mass is 9.93. The maximum atomic E-state index is 6.48. The Bertz CT molecular complexity index is 579. The summed E-state index contributed by atoms with van der Waals surface area (Å²) in [5.74, 6) is 0.351. The Morgan fingerprint density at radius 2 is 2.14 bits per heavy atom. The number of benzene rings is 1. The molecule has 3 rings (SSSR count). The Kier molecular flexibility index (Phi) is 4.17. The van der Waals surface area contributed by atoms with E-state index in [9.17, 15) is 0 Å². The molecule has 21 heavy (non-hydrogen) atoms. The molecule has 0 spiro atoms. The molecule has 0 amide bonds. The van der Waals surface area contributed by atoms with Gasteiger partial charge in [-0.15, -0.1) is 0 Å². The van der Waals surface area contributed by atoms with Gasteiger partial charge in [-0.1, -0.05) is 31.2 Å². The van der Waals surface area contributed by atoms with Gasteiger partial charge in [0.05, 0.1) is 29.6 Å². The number of morpholine rings is 1. The van der Waals surface area contributed by atoms with Crippen LogP contribution in [-0.4, -0.2) is 32.0 Å². The number of allylic oxidation sites excluding steroid dienone is 1. The van der Waals surface area contributed by atoms with Crippen LogP contribution in [0.3, 0.4) is 0 Å². The summed E-state index contributed by atoms with van der Waals surface area (Å²) >= 11 is 6.48. The standard InChI is InChI=1S/C16H20ClN3O/c1-11-9-12(2)18-19-16(11)13-3-4-15(14(17)10-13)20-5-7-21-8-6-20/h3-4,10-11,18H,2,5-9H2,1H3/t11-/m1/s1. The molecule has 4 nitrogen and oxygen atoms in total. The number of hydrazone groups is 1. The van der Waals surface area contributed by atoms with Crippen molar-refractivity contribution in [2.45, 2.75) is 13.3 Å². The third kappa shape index (κ3) is 3.06. The molecule has 2 aliphatic heterocycles. The lowest BCUT2D eigenvalue weighted by Gasteiger charge is -2.30. The fourth-order valence-corrected chi connectivity index (χ4v) is 3.14. The first kappa shape index (κ1) is 14.4. The molecule has 0 aromatic heterocycles. The van der Waals surface area contributed by atoms with Gasteiger partial charge in [-0.25, -0.2) is 0 Å². The van der Waals surface area contributed by atoms with Crippen LogP contribution in [0.2, 0.25) is 5.02 Å². The van der Waals surface area contributed by atoms with Gasteiger partial charge in [-0.3, -0.25) is 5.43 Å². The minimum atomic E-state index is 0.351. The van der Waals surface area contributed by atoms with Crippen molar-refractivity contribution in [2.75, 3.05) is 31.2 Å². The lowest BCUT2D eigenvalue weighted by molar-refractivity contribution is 0.122. The molecule has 0 bridgehead atoms. The summed E-state index contributed by atoms with van der Waals surface area (Å²) < 4.78 is 5.38. The van der Waals surface area contributed by atoms with E-state index in [0.717, 1.165) is 60.4 Å². The van der Waals surface area contributed by atoms with Gasteiger partial charge in [0.1, 0.15) is 0 Å². The Morgan fingerprint density at radius 1 is 1.38 bits per heavy atom. The van der Waals surface area contributed by atoms with Gasteiger partial charge in [0.25, 0.3) is 0 Å². The number of hydrogen-bond acceptors (Lipinski definition) is 4. The largest absolute Gasteiger partial charge is 0.378 e. The molecule has 0 aliphatic carbocycles. The molecule has 1 N–H and O–H groups in total. The van der Waals surface area contributed by atoms with E-state index < -0.39 is 0 Å². The number of halogens is 1. The third-order valence-electron chi connectivity index (χ3n) is 3.95. The summed E-state index contributed by atoms with van der Waals surface area (Å²) in [6.45, 7) is 9.37. The number of nitrogens with one attached hydrogen (secondary N) is 1. The second kappa shape index (κ2) is 6.08. The molecule has 1 aromatic carbocycles. The number of ether oxygens (including phenoxy) is 1. The Morgan fingerprint density at radius 3 is 2.81 bits per heavy atom. The zero-order valence-corrected chi connectivity index (χ0v) is 13.0. The Balaban J connectivity index is 1.85. The molecule has 1 fully saturated rings. The highest BCUT2D eigenvalue weighted by Crippen LogP contribution is 2.29. The van der Waals surface area contributed by atoms with Crippen LogP contribution in [0.1, 0.15) is 18.9 Å². The summed E-state index contributed by atoms with van der Waals surface area (Å²) in [7, 11) is 0. The van der Waals surface area contributed by atoms with E-state index in [0.29, 0.717) is 5.92 Å². The summed E-state index contributed by atoms with van der Waals surface area (Å²) in [6, 6.07) is 6.20. The SMILES string of the molecule is C=C1C[C@@H](C)C(c2ccc(N3CCOCC3)c(Cl)c2)=NN1. The van der Waals surface area contributed by atoms with Crippen molar-refractivity contribution in [3.05, 3.63) is 41.1 Å². The maximum Gasteiger partial charge on any atom is 0.0711 e. The van der Waals surface area contributed by atoms with Crippen molar-refractivity contribution < 1.29 is 4.74 Å². The molecule has 2 aliphatic rings. The van der Waals surface area contributed by atoms with Crippen molar-refractivity contribution in [3.8, 4) is 0 Å². The van der Waals surface area contributed by atoms with Crippen LogP contribution in [0.25, 0.3) is 0 Å². The highest BCUT2D eigenvalue weighted by molar-refractivity contribution is 6.33. The molecule has 5 heteroatoms. The zero-order chi connectivity index (χ0) is 14.8. The first-order valence-electron chi connectivity index (χ1n) is 7.29. The lowest BCUT2D eigenvalue weighted by Crippen LogP contribution is -2.36. The van der Waals surface area contributed by atoms with Gasteiger partial charge in [0, 0.05) is 24.7 Å². The summed E-state index contributed by atoms with van der Waals surface area (Å²) in [4.78, 5) is 2.27. The van der Waals surface area contributed by atoms with Crippen LogP contribution >= 0.6 is 11.6 Å². The molecule has 0 radical (unpaired) electrons. The Hall–Kier alpha value is -1.52. The fourth-order valence-electron chi connectivity index (χ4n) is 2.84. The molecular weight excluding hydrogens is 286 g/mol. The van der Waals surface area contributed by atoms with E-state index in [1.807, 2.05) is 6.07 Å². The van der Waals surface area contributed by atoms with Crippen LogP contribution in [0.5, 0.6) is 0 Å². The first-order valence-corrected chi connectivity index (χ1v) is 7.67. The number of hydrogen-bond donors (Lipinski definition) is 1. The van der Waals surface area contributed by atoms with Gasteiger partial charge in [0.15, 0.2) is 0 Å². The molecule has 2 heterocycles. The van der Waals surface area contributed by atoms with E-state index >= 15 is 0 Å². The monoisotopic (exact) mass is 305 g/mol. The van der Waals surface area contributed by atoms with Gasteiger partial charge in [0.2, 0.25) is 0 Å². The molecule has 112 valence electrons. The van der Waals surface area contributed by atoms with Crippen molar-refractivity contribution >= 4 is 23.0 Å². The van der Waals surface area contributed by atoms with Gasteiger partial charge in [-0.05, 0) is 24.1 Å². The average Bonchev–Trinajstić information content (AvgIpc) is 2.48. The van der Waals surface area contributed by atoms with Crippen molar-refractivity contribution in [1.82, 2.24) is 5.43 Å². The van der Waals surface area contributed by atoms with E-state index in [2.05, 4.69) is 41.1 Å². The molecule has 0 saturated carbocycles. The maximum absolute atomic E-state index is 6.48. The van der Waals surface area contributed by atoms with E-state index in [1.165, 1.54) is 0 Å². The highest BCUT2D eigenvalue weighted by Gasteiger charge is 2.20. The summed E-state index contributed by atoms with van der Waals surface area (Å²) in [6.07, 6.45) is 0.904.